The van der Waals surface area contributed by atoms with Gasteiger partial charge < -0.3 is 5.32 Å². The van der Waals surface area contributed by atoms with Crippen molar-refractivity contribution in [1.29, 1.82) is 0 Å². The highest BCUT2D eigenvalue weighted by atomic mass is 19.4. The first-order valence-corrected chi connectivity index (χ1v) is 9.47. The predicted octanol–water partition coefficient (Wildman–Crippen LogP) is 5.22. The van der Waals surface area contributed by atoms with Crippen LogP contribution in [-0.4, -0.2) is 21.7 Å². The lowest BCUT2D eigenvalue weighted by molar-refractivity contribution is -0.138. The number of nitrogens with one attached hydrogen (secondary N) is 1. The molecule has 1 saturated carbocycles. The molecule has 1 amide bonds. The van der Waals surface area contributed by atoms with Crippen molar-refractivity contribution in [3.05, 3.63) is 52.8 Å². The zero-order valence-corrected chi connectivity index (χ0v) is 15.8. The molecule has 1 heterocycles. The second-order valence-corrected chi connectivity index (χ2v) is 7.28. The standard InChI is InChI=1S/C20H22F5N3O/c1-28-17(18(21)22)14(11-26-28)19(29)27-16-10-4-2-3-8-13(16)12-7-5-6-9-15(12)20(23,24)25/h5-7,9,11,13,16,18H,2-4,8,10H2,1H3,(H,27,29)/t13-,16+/m0/s1. The fraction of sp³-hybridized carbons (Fsp3) is 0.500. The maximum Gasteiger partial charge on any atom is 0.416 e. The summed E-state index contributed by atoms with van der Waals surface area (Å²) in [6.07, 6.45) is -3.07. The number of rotatable bonds is 4. The van der Waals surface area contributed by atoms with Crippen molar-refractivity contribution >= 4 is 5.91 Å². The Kier molecular flexibility index (Phi) is 6.24. The van der Waals surface area contributed by atoms with Gasteiger partial charge in [0.15, 0.2) is 0 Å². The number of amides is 1. The Morgan fingerprint density at radius 3 is 2.55 bits per heavy atom. The van der Waals surface area contributed by atoms with Gasteiger partial charge >= 0.3 is 6.18 Å². The summed E-state index contributed by atoms with van der Waals surface area (Å²) in [5.41, 5.74) is -1.36. The van der Waals surface area contributed by atoms with E-state index in [-0.39, 0.29) is 11.1 Å². The lowest BCUT2D eigenvalue weighted by atomic mass is 9.84. The summed E-state index contributed by atoms with van der Waals surface area (Å²) in [5, 5.41) is 6.44. The zero-order valence-electron chi connectivity index (χ0n) is 15.8. The van der Waals surface area contributed by atoms with E-state index in [4.69, 9.17) is 0 Å². The van der Waals surface area contributed by atoms with E-state index in [0.717, 1.165) is 36.2 Å². The number of hydrogen-bond acceptors (Lipinski definition) is 2. The van der Waals surface area contributed by atoms with E-state index in [1.807, 2.05) is 0 Å². The Bertz CT molecular complexity index is 862. The molecular formula is C20H22F5N3O. The molecule has 1 fully saturated rings. The third-order valence-electron chi connectivity index (χ3n) is 5.43. The minimum Gasteiger partial charge on any atom is -0.349 e. The normalized spacial score (nSPS) is 20.5. The zero-order chi connectivity index (χ0) is 21.2. The number of nitrogens with zero attached hydrogens (tertiary/aromatic N) is 2. The first-order chi connectivity index (χ1) is 13.7. The molecule has 1 aliphatic rings. The molecule has 0 unspecified atom stereocenters. The van der Waals surface area contributed by atoms with Crippen LogP contribution < -0.4 is 5.32 Å². The van der Waals surface area contributed by atoms with Gasteiger partial charge in [-0.3, -0.25) is 9.48 Å². The predicted molar refractivity (Wildman–Crippen MR) is 96.7 cm³/mol. The Morgan fingerprint density at radius 2 is 1.86 bits per heavy atom. The van der Waals surface area contributed by atoms with Gasteiger partial charge in [0.1, 0.15) is 5.69 Å². The third kappa shape index (κ3) is 4.59. The van der Waals surface area contributed by atoms with Crippen molar-refractivity contribution in [2.45, 2.75) is 56.7 Å². The molecule has 1 aromatic carbocycles. The topological polar surface area (TPSA) is 46.9 Å². The molecule has 4 nitrogen and oxygen atoms in total. The van der Waals surface area contributed by atoms with Crippen LogP contribution >= 0.6 is 0 Å². The second kappa shape index (κ2) is 8.51. The SMILES string of the molecule is Cn1ncc(C(=O)N[C@@H]2CCCCC[C@H]2c2ccccc2C(F)(F)F)c1C(F)F. The van der Waals surface area contributed by atoms with Crippen molar-refractivity contribution in [1.82, 2.24) is 15.1 Å². The highest BCUT2D eigenvalue weighted by Crippen LogP contribution is 2.40. The summed E-state index contributed by atoms with van der Waals surface area (Å²) in [6, 6.07) is 4.77. The second-order valence-electron chi connectivity index (χ2n) is 7.28. The summed E-state index contributed by atoms with van der Waals surface area (Å²) in [4.78, 5) is 12.7. The van der Waals surface area contributed by atoms with Crippen molar-refractivity contribution in [2.75, 3.05) is 0 Å². The number of benzene rings is 1. The third-order valence-corrected chi connectivity index (χ3v) is 5.43. The molecule has 9 heteroatoms. The Hall–Kier alpha value is -2.45. The quantitative estimate of drug-likeness (QED) is 0.550. The van der Waals surface area contributed by atoms with Crippen LogP contribution in [0.1, 0.15) is 71.6 Å². The highest BCUT2D eigenvalue weighted by molar-refractivity contribution is 5.95. The Labute approximate surface area is 165 Å². The molecule has 0 spiro atoms. The van der Waals surface area contributed by atoms with Crippen LogP contribution in [0.4, 0.5) is 22.0 Å². The van der Waals surface area contributed by atoms with Gasteiger partial charge in [0.05, 0.1) is 17.3 Å². The number of aromatic nitrogens is 2. The number of hydrogen-bond donors (Lipinski definition) is 1. The molecule has 1 N–H and O–H groups in total. The van der Waals surface area contributed by atoms with E-state index in [0.29, 0.717) is 12.8 Å². The average molecular weight is 415 g/mol. The molecule has 158 valence electrons. The van der Waals surface area contributed by atoms with Crippen LogP contribution in [-0.2, 0) is 13.2 Å². The van der Waals surface area contributed by atoms with Gasteiger partial charge in [0, 0.05) is 19.0 Å². The van der Waals surface area contributed by atoms with Crippen LogP contribution in [0.5, 0.6) is 0 Å². The maximum atomic E-state index is 13.5. The molecule has 1 aromatic heterocycles. The van der Waals surface area contributed by atoms with E-state index >= 15 is 0 Å². The Balaban J connectivity index is 1.92. The number of carbonyl (C=O) groups excluding carboxylic acids is 1. The summed E-state index contributed by atoms with van der Waals surface area (Å²) in [5.74, 6) is -1.29. The minimum absolute atomic E-state index is 0.132. The first-order valence-electron chi connectivity index (χ1n) is 9.47. The molecule has 0 radical (unpaired) electrons. The summed E-state index contributed by atoms with van der Waals surface area (Å²) in [6.45, 7) is 0. The van der Waals surface area contributed by atoms with E-state index in [9.17, 15) is 26.7 Å². The van der Waals surface area contributed by atoms with Crippen LogP contribution in [0, 0.1) is 0 Å². The van der Waals surface area contributed by atoms with Gasteiger partial charge in [0.2, 0.25) is 0 Å². The average Bonchev–Trinajstić information content (AvgIpc) is 2.90. The van der Waals surface area contributed by atoms with Crippen molar-refractivity contribution < 1.29 is 26.7 Å². The summed E-state index contributed by atoms with van der Waals surface area (Å²) < 4.78 is 68.1. The van der Waals surface area contributed by atoms with Gasteiger partial charge in [-0.25, -0.2) is 8.78 Å². The molecule has 2 atom stereocenters. The van der Waals surface area contributed by atoms with Crippen LogP contribution in [0.25, 0.3) is 0 Å². The number of aryl methyl sites for hydroxylation is 1. The van der Waals surface area contributed by atoms with Crippen molar-refractivity contribution in [3.8, 4) is 0 Å². The minimum atomic E-state index is -4.51. The maximum absolute atomic E-state index is 13.5. The van der Waals surface area contributed by atoms with E-state index in [2.05, 4.69) is 10.4 Å². The van der Waals surface area contributed by atoms with Gasteiger partial charge in [-0.15, -0.1) is 0 Å². The van der Waals surface area contributed by atoms with Gasteiger partial charge in [-0.1, -0.05) is 37.5 Å². The molecule has 1 aliphatic carbocycles. The van der Waals surface area contributed by atoms with Gasteiger partial charge in [0.25, 0.3) is 12.3 Å². The first kappa shape index (κ1) is 21.3. The number of halogens is 5. The molecule has 0 saturated heterocycles. The number of alkyl halides is 5. The molecule has 2 aromatic rings. The van der Waals surface area contributed by atoms with Gasteiger partial charge in [-0.2, -0.15) is 18.3 Å². The molecule has 29 heavy (non-hydrogen) atoms. The molecule has 0 aliphatic heterocycles. The van der Waals surface area contributed by atoms with Crippen molar-refractivity contribution in [3.63, 3.8) is 0 Å². The van der Waals surface area contributed by atoms with E-state index in [1.165, 1.54) is 19.2 Å². The molecule has 0 bridgehead atoms. The monoisotopic (exact) mass is 415 g/mol. The lowest BCUT2D eigenvalue weighted by Crippen LogP contribution is -2.39. The fourth-order valence-corrected chi connectivity index (χ4v) is 4.06. The fourth-order valence-electron chi connectivity index (χ4n) is 4.06. The summed E-state index contributed by atoms with van der Waals surface area (Å²) >= 11 is 0. The largest absolute Gasteiger partial charge is 0.416 e. The summed E-state index contributed by atoms with van der Waals surface area (Å²) in [7, 11) is 1.31. The molecule has 3 rings (SSSR count). The lowest BCUT2D eigenvalue weighted by Gasteiger charge is -2.29. The van der Waals surface area contributed by atoms with E-state index in [1.54, 1.807) is 6.07 Å². The van der Waals surface area contributed by atoms with E-state index < -0.39 is 41.7 Å². The highest BCUT2D eigenvalue weighted by Gasteiger charge is 2.38. The Morgan fingerprint density at radius 1 is 1.17 bits per heavy atom. The smallest absolute Gasteiger partial charge is 0.349 e. The number of carbonyl (C=O) groups is 1. The molecular weight excluding hydrogens is 393 g/mol. The van der Waals surface area contributed by atoms with Crippen LogP contribution in [0.15, 0.2) is 30.5 Å². The van der Waals surface area contributed by atoms with Crippen LogP contribution in [0.3, 0.4) is 0 Å². The van der Waals surface area contributed by atoms with Crippen molar-refractivity contribution in [2.24, 2.45) is 7.05 Å². The van der Waals surface area contributed by atoms with Gasteiger partial charge in [-0.05, 0) is 24.5 Å². The van der Waals surface area contributed by atoms with Crippen LogP contribution in [0.2, 0.25) is 0 Å².